The average molecular weight is 814 g/mol. The highest BCUT2D eigenvalue weighted by atomic mass is 35.5. The van der Waals surface area contributed by atoms with Crippen LogP contribution >= 0.6 is 11.6 Å². The molecule has 4 amide bonds. The fourth-order valence-electron chi connectivity index (χ4n) is 7.31. The lowest BCUT2D eigenvalue weighted by Gasteiger charge is -2.36. The van der Waals surface area contributed by atoms with Crippen LogP contribution in [0.5, 0.6) is 0 Å². The molecule has 0 bridgehead atoms. The molecule has 2 aromatic carbocycles. The minimum atomic E-state index is -4.88. The second-order valence-electron chi connectivity index (χ2n) is 16.3. The zero-order valence-electron chi connectivity index (χ0n) is 31.0. The Morgan fingerprint density at radius 3 is 2.35 bits per heavy atom. The highest BCUT2D eigenvalue weighted by molar-refractivity contribution is 7.91. The van der Waals surface area contributed by atoms with E-state index >= 15 is 0 Å². The van der Waals surface area contributed by atoms with Gasteiger partial charge in [-0.3, -0.25) is 24.0 Å². The maximum atomic E-state index is 14.5. The zero-order chi connectivity index (χ0) is 40.5. The van der Waals surface area contributed by atoms with Crippen molar-refractivity contribution in [2.24, 2.45) is 11.3 Å². The average Bonchev–Trinajstić information content (AvgIpc) is 3.89. The van der Waals surface area contributed by atoms with E-state index in [0.29, 0.717) is 36.4 Å². The Kier molecular flexibility index (Phi) is 10.4. The molecule has 0 radical (unpaired) electrons. The third-order valence-electron chi connectivity index (χ3n) is 11.1. The van der Waals surface area contributed by atoms with Crippen molar-refractivity contribution >= 4 is 51.1 Å². The molecule has 3 fully saturated rings. The number of carbonyl (C=O) groups excluding carboxylic acids is 4. The van der Waals surface area contributed by atoms with Crippen molar-refractivity contribution in [3.63, 3.8) is 0 Å². The molecule has 0 aromatic heterocycles. The van der Waals surface area contributed by atoms with Gasteiger partial charge in [0, 0.05) is 23.7 Å². The summed E-state index contributed by atoms with van der Waals surface area (Å²) in [6, 6.07) is 4.40. The number of alkyl halides is 3. The van der Waals surface area contributed by atoms with Gasteiger partial charge in [0.05, 0.1) is 23.4 Å². The van der Waals surface area contributed by atoms with Gasteiger partial charge in [-0.2, -0.15) is 13.2 Å². The first-order valence-corrected chi connectivity index (χ1v) is 19.9. The number of sulfonamides is 1. The first-order chi connectivity index (χ1) is 25.5. The highest BCUT2D eigenvalue weighted by Crippen LogP contribution is 2.48. The number of nitrogens with one attached hydrogen (secondary N) is 3. The molecule has 2 aromatic rings. The molecule has 2 aliphatic carbocycles. The van der Waals surface area contributed by atoms with Crippen LogP contribution in [0, 0.1) is 17.2 Å². The van der Waals surface area contributed by atoms with Crippen LogP contribution in [0.2, 0.25) is 5.02 Å². The van der Waals surface area contributed by atoms with Crippen LogP contribution in [0.3, 0.4) is 0 Å². The lowest BCUT2D eigenvalue weighted by molar-refractivity contribution is -0.141. The number of hydrogen-bond acceptors (Lipinski definition) is 8. The highest BCUT2D eigenvalue weighted by Gasteiger charge is 2.63. The van der Waals surface area contributed by atoms with E-state index in [-0.39, 0.29) is 38.2 Å². The molecule has 55 heavy (non-hydrogen) atoms. The van der Waals surface area contributed by atoms with Gasteiger partial charge in [-0.15, -0.1) is 0 Å². The smallest absolute Gasteiger partial charge is 0.416 e. The molecular formula is C37H44ClF4N5O7S. The number of carbonyl (C=O) groups is 4. The number of fused-ring (bicyclic) bond motifs is 1. The molecule has 18 heteroatoms. The van der Waals surface area contributed by atoms with Crippen LogP contribution < -0.4 is 15.4 Å². The first kappa shape index (κ1) is 40.5. The molecule has 1 unspecified atom stereocenters. The Morgan fingerprint density at radius 1 is 1.07 bits per heavy atom. The number of hydrogen-bond donors (Lipinski definition) is 3. The van der Waals surface area contributed by atoms with Gasteiger partial charge in [0.15, 0.2) is 0 Å². The standard InChI is InChI=1S/C37H44ClF4N5O7S/c1-6-21-16-36(21,32(50)45-55(52,53)35(5)10-11-35)44-30(48)28-15-25(54-33(51)46-17-20-8-7-9-27(38)26(20)19-46)18-47(28)31(49)29(34(2,3)4)43-24-13-22(37(40,41)42)12-23(39)14-24/h7-9,12-14,21,25,28-29,43H,6,10-11,15-19H2,1-5H3,(H,44,48)(H,45,50)/t21?,25-,28+,29-,36-/m1/s1. The molecule has 1 saturated heterocycles. The molecule has 12 nitrogen and oxygen atoms in total. The van der Waals surface area contributed by atoms with Gasteiger partial charge in [-0.05, 0) is 72.9 Å². The molecule has 4 aliphatic rings. The summed E-state index contributed by atoms with van der Waals surface area (Å²) in [7, 11) is -4.06. The van der Waals surface area contributed by atoms with E-state index in [2.05, 4.69) is 15.4 Å². The van der Waals surface area contributed by atoms with E-state index in [1.54, 1.807) is 39.8 Å². The molecule has 3 N–H and O–H groups in total. The molecule has 0 spiro atoms. The topological polar surface area (TPSA) is 154 Å². The van der Waals surface area contributed by atoms with Crippen molar-refractivity contribution in [2.45, 2.75) is 114 Å². The van der Waals surface area contributed by atoms with Crippen molar-refractivity contribution in [1.29, 1.82) is 0 Å². The van der Waals surface area contributed by atoms with Gasteiger partial charge < -0.3 is 20.3 Å². The molecular weight excluding hydrogens is 770 g/mol. The summed E-state index contributed by atoms with van der Waals surface area (Å²) in [6.07, 6.45) is -5.57. The van der Waals surface area contributed by atoms with Crippen molar-refractivity contribution < 1.29 is 49.9 Å². The second kappa shape index (κ2) is 14.1. The molecule has 2 aliphatic heterocycles. The Labute approximate surface area is 321 Å². The number of nitrogens with zero attached hydrogens (tertiary/aromatic N) is 2. The van der Waals surface area contributed by atoms with Gasteiger partial charge in [0.1, 0.15) is 29.5 Å². The molecule has 2 heterocycles. The van der Waals surface area contributed by atoms with E-state index in [4.69, 9.17) is 16.3 Å². The van der Waals surface area contributed by atoms with Gasteiger partial charge in [0.2, 0.25) is 21.8 Å². The Hall–Kier alpha value is -4.12. The van der Waals surface area contributed by atoms with Crippen molar-refractivity contribution in [1.82, 2.24) is 19.8 Å². The van der Waals surface area contributed by atoms with E-state index in [0.717, 1.165) is 22.1 Å². The zero-order valence-corrected chi connectivity index (χ0v) is 32.6. The second-order valence-corrected chi connectivity index (χ2v) is 18.9. The van der Waals surface area contributed by atoms with E-state index in [9.17, 15) is 45.2 Å². The van der Waals surface area contributed by atoms with Gasteiger partial charge in [-0.25, -0.2) is 17.6 Å². The van der Waals surface area contributed by atoms with Gasteiger partial charge >= 0.3 is 12.3 Å². The van der Waals surface area contributed by atoms with Crippen LogP contribution in [-0.2, 0) is 48.4 Å². The predicted molar refractivity (Wildman–Crippen MR) is 193 cm³/mol. The van der Waals surface area contributed by atoms with Crippen LogP contribution in [0.15, 0.2) is 36.4 Å². The number of amides is 4. The lowest BCUT2D eigenvalue weighted by Crippen LogP contribution is -2.59. The third-order valence-corrected chi connectivity index (χ3v) is 13.6. The summed E-state index contributed by atoms with van der Waals surface area (Å²) in [5.41, 5.74) is -2.65. The predicted octanol–water partition coefficient (Wildman–Crippen LogP) is 5.73. The van der Waals surface area contributed by atoms with Gasteiger partial charge in [0.25, 0.3) is 5.91 Å². The summed E-state index contributed by atoms with van der Waals surface area (Å²) in [6.45, 7) is 8.24. The summed E-state index contributed by atoms with van der Waals surface area (Å²) in [4.78, 5) is 58.4. The number of halogens is 5. The normalized spacial score (nSPS) is 24.8. The number of benzene rings is 2. The maximum absolute atomic E-state index is 14.5. The van der Waals surface area contributed by atoms with E-state index in [1.807, 2.05) is 6.07 Å². The van der Waals surface area contributed by atoms with Crippen molar-refractivity contribution in [3.8, 4) is 0 Å². The maximum Gasteiger partial charge on any atom is 0.416 e. The minimum Gasteiger partial charge on any atom is -0.444 e. The summed E-state index contributed by atoms with van der Waals surface area (Å²) < 4.78 is 88.1. The number of rotatable bonds is 10. The SMILES string of the molecule is CCC1C[C@]1(NC(=O)[C@@H]1C[C@@H](OC(=O)N2Cc3cccc(Cl)c3C2)CN1C(=O)[C@@H](Nc1cc(F)cc(C(F)(F)F)c1)C(C)(C)C)C(=O)NS(=O)(=O)C1(C)CC1. The van der Waals surface area contributed by atoms with Crippen LogP contribution in [0.4, 0.5) is 28.0 Å². The first-order valence-electron chi connectivity index (χ1n) is 18.0. The number of likely N-dealkylation sites (tertiary alicyclic amines) is 1. The molecule has 6 rings (SSSR count). The molecule has 2 saturated carbocycles. The number of ether oxygens (including phenoxy) is 1. The molecule has 300 valence electrons. The third kappa shape index (κ3) is 8.09. The van der Waals surface area contributed by atoms with Gasteiger partial charge in [-0.1, -0.05) is 57.8 Å². The van der Waals surface area contributed by atoms with Crippen LogP contribution in [-0.4, -0.2) is 77.1 Å². The summed E-state index contributed by atoms with van der Waals surface area (Å²) in [5.74, 6) is -4.08. The van der Waals surface area contributed by atoms with E-state index in [1.165, 1.54) is 11.8 Å². The molecule has 5 atom stereocenters. The fourth-order valence-corrected chi connectivity index (χ4v) is 8.88. The van der Waals surface area contributed by atoms with E-state index < -0.39 is 91.2 Å². The number of anilines is 1. The summed E-state index contributed by atoms with van der Waals surface area (Å²) in [5, 5.41) is 5.95. The van der Waals surface area contributed by atoms with Crippen LogP contribution in [0.25, 0.3) is 0 Å². The Bertz CT molecular complexity index is 2020. The van der Waals surface area contributed by atoms with Crippen molar-refractivity contribution in [2.75, 3.05) is 11.9 Å². The minimum absolute atomic E-state index is 0.137. The quantitative estimate of drug-likeness (QED) is 0.257. The van der Waals surface area contributed by atoms with Crippen LogP contribution in [0.1, 0.15) is 83.4 Å². The van der Waals surface area contributed by atoms with Crippen molar-refractivity contribution in [3.05, 3.63) is 63.9 Å². The lowest BCUT2D eigenvalue weighted by atomic mass is 9.85. The Balaban J connectivity index is 1.27. The fraction of sp³-hybridized carbons (Fsp3) is 0.568. The largest absolute Gasteiger partial charge is 0.444 e. The Morgan fingerprint density at radius 2 is 1.76 bits per heavy atom. The monoisotopic (exact) mass is 813 g/mol. The summed E-state index contributed by atoms with van der Waals surface area (Å²) >= 11 is 6.33.